The molecule has 4 aromatic heterocycles. The lowest BCUT2D eigenvalue weighted by Crippen LogP contribution is -2.19. The predicted molar refractivity (Wildman–Crippen MR) is 125 cm³/mol. The number of fused-ring (bicyclic) bond motifs is 3. The predicted octanol–water partition coefficient (Wildman–Crippen LogP) is 4.87. The number of aromatic nitrogens is 5. The molecular formula is C25H25N5O. The molecule has 4 heterocycles. The van der Waals surface area contributed by atoms with Crippen LogP contribution in [0.2, 0.25) is 0 Å². The van der Waals surface area contributed by atoms with Crippen LogP contribution in [0.1, 0.15) is 24.5 Å². The van der Waals surface area contributed by atoms with Gasteiger partial charge >= 0.3 is 0 Å². The Kier molecular flexibility index (Phi) is 4.93. The number of hydrogen-bond acceptors (Lipinski definition) is 4. The SMILES string of the molecule is C.Cc1cc(-c2cc3n(C)c(=O)c4ccc(-c5cc(C)nc(C)c5)cc4n3n2)ccn1. The molecule has 0 unspecified atom stereocenters. The second-order valence-electron chi connectivity index (χ2n) is 7.72. The molecule has 0 saturated heterocycles. The van der Waals surface area contributed by atoms with Crippen LogP contribution in [0.25, 0.3) is 38.9 Å². The Morgan fingerprint density at radius 2 is 1.52 bits per heavy atom. The Balaban J connectivity index is 0.00000231. The van der Waals surface area contributed by atoms with E-state index < -0.39 is 0 Å². The van der Waals surface area contributed by atoms with Gasteiger partial charge in [-0.25, -0.2) is 4.52 Å². The first-order valence-corrected chi connectivity index (χ1v) is 9.82. The smallest absolute Gasteiger partial charge is 0.261 e. The van der Waals surface area contributed by atoms with Gasteiger partial charge in [0.1, 0.15) is 5.65 Å². The highest BCUT2D eigenvalue weighted by Crippen LogP contribution is 2.26. The first-order valence-electron chi connectivity index (χ1n) is 9.82. The zero-order valence-corrected chi connectivity index (χ0v) is 17.3. The van der Waals surface area contributed by atoms with Crippen molar-refractivity contribution in [3.63, 3.8) is 0 Å². The quantitative estimate of drug-likeness (QED) is 0.416. The molecule has 0 aliphatic heterocycles. The molecule has 0 atom stereocenters. The van der Waals surface area contributed by atoms with Gasteiger partial charge in [-0.3, -0.25) is 19.3 Å². The van der Waals surface area contributed by atoms with Crippen molar-refractivity contribution >= 4 is 16.6 Å². The van der Waals surface area contributed by atoms with Gasteiger partial charge < -0.3 is 0 Å². The van der Waals surface area contributed by atoms with Crippen molar-refractivity contribution in [2.24, 2.45) is 7.05 Å². The van der Waals surface area contributed by atoms with E-state index in [1.807, 2.05) is 61.7 Å². The fraction of sp³-hybridized carbons (Fsp3) is 0.200. The molecular weight excluding hydrogens is 386 g/mol. The maximum absolute atomic E-state index is 13.0. The van der Waals surface area contributed by atoms with Gasteiger partial charge in [0.25, 0.3) is 5.56 Å². The number of hydrogen-bond donors (Lipinski definition) is 0. The Bertz CT molecular complexity index is 1490. The summed E-state index contributed by atoms with van der Waals surface area (Å²) in [6, 6.07) is 15.9. The minimum atomic E-state index is -0.0384. The van der Waals surface area contributed by atoms with Gasteiger partial charge in [-0.15, -0.1) is 0 Å². The van der Waals surface area contributed by atoms with E-state index >= 15 is 0 Å². The molecule has 0 radical (unpaired) electrons. The Labute approximate surface area is 180 Å². The van der Waals surface area contributed by atoms with Crippen LogP contribution in [0.4, 0.5) is 0 Å². The molecule has 0 spiro atoms. The van der Waals surface area contributed by atoms with Crippen molar-refractivity contribution in [1.82, 2.24) is 24.1 Å². The molecule has 0 aliphatic rings. The first-order chi connectivity index (χ1) is 14.4. The summed E-state index contributed by atoms with van der Waals surface area (Å²) in [7, 11) is 1.78. The van der Waals surface area contributed by atoms with E-state index in [0.717, 1.165) is 50.6 Å². The highest BCUT2D eigenvalue weighted by atomic mass is 16.1. The third-order valence-corrected chi connectivity index (χ3v) is 5.40. The van der Waals surface area contributed by atoms with E-state index in [9.17, 15) is 4.79 Å². The van der Waals surface area contributed by atoms with Crippen molar-refractivity contribution in [2.45, 2.75) is 28.2 Å². The lowest BCUT2D eigenvalue weighted by Gasteiger charge is -2.09. The van der Waals surface area contributed by atoms with Crippen LogP contribution in [0.5, 0.6) is 0 Å². The minimum Gasteiger partial charge on any atom is -0.296 e. The zero-order valence-electron chi connectivity index (χ0n) is 17.3. The number of rotatable bonds is 2. The van der Waals surface area contributed by atoms with Crippen LogP contribution in [0.3, 0.4) is 0 Å². The lowest BCUT2D eigenvalue weighted by atomic mass is 10.0. The highest BCUT2D eigenvalue weighted by molar-refractivity contribution is 5.86. The van der Waals surface area contributed by atoms with Crippen LogP contribution in [-0.2, 0) is 7.05 Å². The van der Waals surface area contributed by atoms with E-state index in [1.54, 1.807) is 17.8 Å². The zero-order chi connectivity index (χ0) is 21.0. The Morgan fingerprint density at radius 1 is 0.806 bits per heavy atom. The maximum Gasteiger partial charge on any atom is 0.261 e. The first kappa shape index (κ1) is 20.5. The highest BCUT2D eigenvalue weighted by Gasteiger charge is 2.14. The molecule has 31 heavy (non-hydrogen) atoms. The molecule has 6 nitrogen and oxygen atoms in total. The van der Waals surface area contributed by atoms with Crippen molar-refractivity contribution in [2.75, 3.05) is 0 Å². The fourth-order valence-corrected chi connectivity index (χ4v) is 3.99. The summed E-state index contributed by atoms with van der Waals surface area (Å²) in [4.78, 5) is 21.7. The van der Waals surface area contributed by atoms with Gasteiger partial charge in [-0.1, -0.05) is 13.5 Å². The average Bonchev–Trinajstić information content (AvgIpc) is 3.17. The van der Waals surface area contributed by atoms with Crippen molar-refractivity contribution in [1.29, 1.82) is 0 Å². The molecule has 0 saturated carbocycles. The van der Waals surface area contributed by atoms with Gasteiger partial charge in [0.15, 0.2) is 0 Å². The average molecular weight is 412 g/mol. The van der Waals surface area contributed by atoms with Crippen LogP contribution in [0.15, 0.2) is 59.5 Å². The molecule has 1 aromatic carbocycles. The van der Waals surface area contributed by atoms with E-state index in [1.165, 1.54) is 0 Å². The molecule has 6 heteroatoms. The summed E-state index contributed by atoms with van der Waals surface area (Å²) >= 11 is 0. The van der Waals surface area contributed by atoms with Crippen molar-refractivity contribution in [3.05, 3.63) is 82.2 Å². The molecule has 0 N–H and O–H groups in total. The molecule has 0 amide bonds. The van der Waals surface area contributed by atoms with Gasteiger partial charge in [-0.2, -0.15) is 5.10 Å². The maximum atomic E-state index is 13.0. The number of nitrogens with zero attached hydrogens (tertiary/aromatic N) is 5. The number of benzene rings is 1. The summed E-state index contributed by atoms with van der Waals surface area (Å²) in [6.45, 7) is 5.93. The second-order valence-corrected chi connectivity index (χ2v) is 7.72. The van der Waals surface area contributed by atoms with E-state index in [-0.39, 0.29) is 13.0 Å². The monoisotopic (exact) mass is 411 g/mol. The number of pyridine rings is 2. The van der Waals surface area contributed by atoms with Gasteiger partial charge in [0.05, 0.1) is 16.6 Å². The van der Waals surface area contributed by atoms with Crippen LogP contribution >= 0.6 is 0 Å². The van der Waals surface area contributed by atoms with E-state index in [0.29, 0.717) is 5.39 Å². The lowest BCUT2D eigenvalue weighted by molar-refractivity contribution is 0.850. The molecule has 0 aliphatic carbocycles. The van der Waals surface area contributed by atoms with E-state index in [2.05, 4.69) is 22.1 Å². The largest absolute Gasteiger partial charge is 0.296 e. The summed E-state index contributed by atoms with van der Waals surface area (Å²) < 4.78 is 3.50. The molecule has 5 rings (SSSR count). The molecule has 5 aromatic rings. The Morgan fingerprint density at radius 3 is 2.23 bits per heavy atom. The van der Waals surface area contributed by atoms with Crippen molar-refractivity contribution < 1.29 is 0 Å². The summed E-state index contributed by atoms with van der Waals surface area (Å²) in [5.41, 5.74) is 8.24. The van der Waals surface area contributed by atoms with Gasteiger partial charge in [0.2, 0.25) is 0 Å². The topological polar surface area (TPSA) is 65.1 Å². The standard InChI is InChI=1S/C24H21N5O.CH4/c1-14-9-18(7-8-25-14)21-13-23-28(4)24(30)20-6-5-17(12-22(20)29(23)27-21)19-10-15(2)26-16(3)11-19;/h5-13H,1-4H3;1H4. The van der Waals surface area contributed by atoms with Gasteiger partial charge in [-0.05, 0) is 68.3 Å². The normalized spacial score (nSPS) is 11.1. The third kappa shape index (κ3) is 3.40. The summed E-state index contributed by atoms with van der Waals surface area (Å²) in [5.74, 6) is 0. The Hall–Kier alpha value is -3.80. The molecule has 0 fully saturated rings. The second kappa shape index (κ2) is 7.47. The van der Waals surface area contributed by atoms with Crippen LogP contribution < -0.4 is 5.56 Å². The fourth-order valence-electron chi connectivity index (χ4n) is 3.99. The third-order valence-electron chi connectivity index (χ3n) is 5.40. The minimum absolute atomic E-state index is 0. The molecule has 156 valence electrons. The summed E-state index contributed by atoms with van der Waals surface area (Å²) in [6.07, 6.45) is 1.78. The van der Waals surface area contributed by atoms with Crippen LogP contribution in [-0.4, -0.2) is 24.1 Å². The van der Waals surface area contributed by atoms with E-state index in [4.69, 9.17) is 5.10 Å². The summed E-state index contributed by atoms with van der Waals surface area (Å²) in [5, 5.41) is 5.48. The van der Waals surface area contributed by atoms with Gasteiger partial charge in [0, 0.05) is 42.0 Å². The van der Waals surface area contributed by atoms with Crippen LogP contribution in [0, 0.1) is 20.8 Å². The number of aryl methyl sites for hydroxylation is 4. The van der Waals surface area contributed by atoms with Crippen molar-refractivity contribution in [3.8, 4) is 22.4 Å². The molecule has 0 bridgehead atoms.